The summed E-state index contributed by atoms with van der Waals surface area (Å²) in [5, 5.41) is 2.96. The first kappa shape index (κ1) is 15.7. The number of hydrogen-bond donors (Lipinski definition) is 2. The zero-order chi connectivity index (χ0) is 16.1. The molecule has 1 saturated heterocycles. The molecule has 1 aliphatic rings. The Morgan fingerprint density at radius 2 is 2.13 bits per heavy atom. The third-order valence-corrected chi connectivity index (χ3v) is 4.21. The van der Waals surface area contributed by atoms with E-state index >= 15 is 0 Å². The van der Waals surface area contributed by atoms with E-state index in [2.05, 4.69) is 22.4 Å². The van der Waals surface area contributed by atoms with Gasteiger partial charge in [-0.25, -0.2) is 4.98 Å². The van der Waals surface area contributed by atoms with Gasteiger partial charge in [0.2, 0.25) is 5.91 Å². The van der Waals surface area contributed by atoms with Gasteiger partial charge < -0.3 is 20.4 Å². The topological polar surface area (TPSA) is 82.2 Å². The van der Waals surface area contributed by atoms with Crippen LogP contribution in [0.25, 0.3) is 0 Å². The molecule has 6 heteroatoms. The molecule has 0 aliphatic carbocycles. The van der Waals surface area contributed by atoms with E-state index in [4.69, 9.17) is 10.5 Å². The fourth-order valence-electron chi connectivity index (χ4n) is 2.75. The molecule has 1 fully saturated rings. The minimum Gasteiger partial charge on any atom is -0.381 e. The summed E-state index contributed by atoms with van der Waals surface area (Å²) < 4.78 is 7.28. The van der Waals surface area contributed by atoms with Crippen LogP contribution in [0.15, 0.2) is 43.0 Å². The second kappa shape index (κ2) is 6.93. The van der Waals surface area contributed by atoms with E-state index in [0.29, 0.717) is 32.6 Å². The van der Waals surface area contributed by atoms with Crippen molar-refractivity contribution in [3.63, 3.8) is 0 Å². The minimum atomic E-state index is -0.799. The van der Waals surface area contributed by atoms with Crippen LogP contribution in [-0.4, -0.2) is 34.2 Å². The first-order valence-electron chi connectivity index (χ1n) is 7.84. The number of nitrogens with two attached hydrogens (primary N) is 1. The standard InChI is InChI=1S/C17H22N4O2/c18-17(4-8-23-9-5-17)16(22)20-11-14-2-1-3-15(10-14)12-21-7-6-19-13-21/h1-3,6-7,10,13H,4-5,8-9,11-12,18H2,(H,20,22). The van der Waals surface area contributed by atoms with Crippen molar-refractivity contribution in [2.75, 3.05) is 13.2 Å². The van der Waals surface area contributed by atoms with Crippen molar-refractivity contribution in [2.45, 2.75) is 31.5 Å². The van der Waals surface area contributed by atoms with E-state index in [-0.39, 0.29) is 5.91 Å². The van der Waals surface area contributed by atoms with Crippen LogP contribution in [-0.2, 0) is 22.6 Å². The lowest BCUT2D eigenvalue weighted by Crippen LogP contribution is -2.56. The Labute approximate surface area is 135 Å². The van der Waals surface area contributed by atoms with Crippen LogP contribution in [0.3, 0.4) is 0 Å². The van der Waals surface area contributed by atoms with E-state index < -0.39 is 5.54 Å². The molecule has 0 bridgehead atoms. The normalized spacial score (nSPS) is 16.9. The number of aromatic nitrogens is 2. The second-order valence-electron chi connectivity index (χ2n) is 6.01. The summed E-state index contributed by atoms with van der Waals surface area (Å²) in [5.74, 6) is -0.0965. The van der Waals surface area contributed by atoms with Crippen molar-refractivity contribution in [1.29, 1.82) is 0 Å². The number of amides is 1. The molecule has 3 rings (SSSR count). The average molecular weight is 314 g/mol. The molecule has 23 heavy (non-hydrogen) atoms. The third-order valence-electron chi connectivity index (χ3n) is 4.21. The second-order valence-corrected chi connectivity index (χ2v) is 6.01. The molecule has 1 aromatic heterocycles. The van der Waals surface area contributed by atoms with Gasteiger partial charge in [0.1, 0.15) is 0 Å². The maximum Gasteiger partial charge on any atom is 0.240 e. The quantitative estimate of drug-likeness (QED) is 0.864. The van der Waals surface area contributed by atoms with Gasteiger partial charge in [-0.3, -0.25) is 4.79 Å². The van der Waals surface area contributed by atoms with Crippen molar-refractivity contribution in [3.05, 3.63) is 54.1 Å². The largest absolute Gasteiger partial charge is 0.381 e. The van der Waals surface area contributed by atoms with Crippen molar-refractivity contribution in [2.24, 2.45) is 5.73 Å². The van der Waals surface area contributed by atoms with Crippen LogP contribution < -0.4 is 11.1 Å². The number of imidazole rings is 1. The van der Waals surface area contributed by atoms with E-state index in [1.54, 1.807) is 12.5 Å². The monoisotopic (exact) mass is 314 g/mol. The van der Waals surface area contributed by atoms with Gasteiger partial charge in [0.15, 0.2) is 0 Å². The molecule has 2 heterocycles. The van der Waals surface area contributed by atoms with Crippen LogP contribution in [0.1, 0.15) is 24.0 Å². The van der Waals surface area contributed by atoms with Crippen LogP contribution in [0.5, 0.6) is 0 Å². The van der Waals surface area contributed by atoms with Crippen LogP contribution in [0.4, 0.5) is 0 Å². The summed E-state index contributed by atoms with van der Waals surface area (Å²) in [5.41, 5.74) is 7.62. The molecule has 2 aromatic rings. The zero-order valence-corrected chi connectivity index (χ0v) is 13.1. The molecular weight excluding hydrogens is 292 g/mol. The molecule has 1 amide bonds. The smallest absolute Gasteiger partial charge is 0.240 e. The van der Waals surface area contributed by atoms with Crippen molar-refractivity contribution in [3.8, 4) is 0 Å². The molecule has 0 spiro atoms. The number of nitrogens with one attached hydrogen (secondary N) is 1. The first-order chi connectivity index (χ1) is 11.2. The molecule has 3 N–H and O–H groups in total. The van der Waals surface area contributed by atoms with Crippen LogP contribution >= 0.6 is 0 Å². The number of rotatable bonds is 5. The predicted molar refractivity (Wildman–Crippen MR) is 86.6 cm³/mol. The molecule has 122 valence electrons. The SMILES string of the molecule is NC1(C(=O)NCc2cccc(Cn3ccnc3)c2)CCOCC1. The van der Waals surface area contributed by atoms with E-state index in [1.165, 1.54) is 5.56 Å². The first-order valence-corrected chi connectivity index (χ1v) is 7.84. The summed E-state index contributed by atoms with van der Waals surface area (Å²) in [7, 11) is 0. The van der Waals surface area contributed by atoms with Crippen LogP contribution in [0, 0.1) is 0 Å². The number of benzene rings is 1. The molecule has 0 saturated carbocycles. The number of ether oxygens (including phenoxy) is 1. The molecule has 0 radical (unpaired) electrons. The predicted octanol–water partition coefficient (Wildman–Crippen LogP) is 1.06. The zero-order valence-electron chi connectivity index (χ0n) is 13.1. The Hall–Kier alpha value is -2.18. The van der Waals surface area contributed by atoms with Gasteiger partial charge in [-0.05, 0) is 24.0 Å². The Bertz CT molecular complexity index is 648. The van der Waals surface area contributed by atoms with Gasteiger partial charge in [-0.2, -0.15) is 0 Å². The third kappa shape index (κ3) is 3.97. The lowest BCUT2D eigenvalue weighted by atomic mass is 9.90. The van der Waals surface area contributed by atoms with Crippen molar-refractivity contribution < 1.29 is 9.53 Å². The fourth-order valence-corrected chi connectivity index (χ4v) is 2.75. The van der Waals surface area contributed by atoms with E-state index in [0.717, 1.165) is 12.1 Å². The highest BCUT2D eigenvalue weighted by Crippen LogP contribution is 2.18. The van der Waals surface area contributed by atoms with E-state index in [1.807, 2.05) is 22.9 Å². The summed E-state index contributed by atoms with van der Waals surface area (Å²) >= 11 is 0. The Morgan fingerprint density at radius 3 is 2.87 bits per heavy atom. The molecule has 1 aliphatic heterocycles. The fraction of sp³-hybridized carbons (Fsp3) is 0.412. The number of carbonyl (C=O) groups is 1. The molecule has 1 aromatic carbocycles. The summed E-state index contributed by atoms with van der Waals surface area (Å²) in [6.07, 6.45) is 6.62. The highest BCUT2D eigenvalue weighted by atomic mass is 16.5. The number of nitrogens with zero attached hydrogens (tertiary/aromatic N) is 2. The summed E-state index contributed by atoms with van der Waals surface area (Å²) in [6, 6.07) is 8.16. The maximum absolute atomic E-state index is 12.3. The molecular formula is C17H22N4O2. The van der Waals surface area contributed by atoms with Crippen LogP contribution in [0.2, 0.25) is 0 Å². The summed E-state index contributed by atoms with van der Waals surface area (Å²) in [4.78, 5) is 16.4. The average Bonchev–Trinajstić information content (AvgIpc) is 3.06. The molecule has 6 nitrogen and oxygen atoms in total. The Kier molecular flexibility index (Phi) is 4.73. The molecule has 0 unspecified atom stereocenters. The number of carbonyl (C=O) groups excluding carboxylic acids is 1. The van der Waals surface area contributed by atoms with Gasteiger partial charge in [0, 0.05) is 38.7 Å². The molecule has 0 atom stereocenters. The lowest BCUT2D eigenvalue weighted by molar-refractivity contribution is -0.129. The van der Waals surface area contributed by atoms with Gasteiger partial charge in [-0.15, -0.1) is 0 Å². The number of hydrogen-bond acceptors (Lipinski definition) is 4. The van der Waals surface area contributed by atoms with Gasteiger partial charge in [0.05, 0.1) is 11.9 Å². The summed E-state index contributed by atoms with van der Waals surface area (Å²) in [6.45, 7) is 2.34. The Morgan fingerprint density at radius 1 is 1.35 bits per heavy atom. The van der Waals surface area contributed by atoms with E-state index in [9.17, 15) is 4.79 Å². The van der Waals surface area contributed by atoms with Gasteiger partial charge in [0.25, 0.3) is 0 Å². The maximum atomic E-state index is 12.3. The lowest BCUT2D eigenvalue weighted by Gasteiger charge is -2.31. The van der Waals surface area contributed by atoms with Gasteiger partial charge >= 0.3 is 0 Å². The Balaban J connectivity index is 1.58. The minimum absolute atomic E-state index is 0.0965. The highest BCUT2D eigenvalue weighted by Gasteiger charge is 2.35. The highest BCUT2D eigenvalue weighted by molar-refractivity contribution is 5.86. The van der Waals surface area contributed by atoms with Crippen molar-refractivity contribution in [1.82, 2.24) is 14.9 Å². The van der Waals surface area contributed by atoms with Gasteiger partial charge in [-0.1, -0.05) is 24.3 Å². The van der Waals surface area contributed by atoms with Crippen molar-refractivity contribution >= 4 is 5.91 Å².